The van der Waals surface area contributed by atoms with Crippen LogP contribution in [0.4, 0.5) is 0 Å². The SMILES string of the molecule is CC(N)C(=O)NC1CCOc2ccccc2C1=O. The third-order valence-corrected chi connectivity index (χ3v) is 2.86. The van der Waals surface area contributed by atoms with Gasteiger partial charge in [-0.3, -0.25) is 9.59 Å². The van der Waals surface area contributed by atoms with E-state index in [1.165, 1.54) is 0 Å². The summed E-state index contributed by atoms with van der Waals surface area (Å²) in [5.41, 5.74) is 5.98. The van der Waals surface area contributed by atoms with Crippen molar-refractivity contribution in [3.8, 4) is 5.75 Å². The number of fused-ring (bicyclic) bond motifs is 1. The largest absolute Gasteiger partial charge is 0.493 e. The van der Waals surface area contributed by atoms with Crippen molar-refractivity contribution in [2.75, 3.05) is 6.61 Å². The average molecular weight is 248 g/mol. The Morgan fingerprint density at radius 1 is 1.50 bits per heavy atom. The Morgan fingerprint density at radius 3 is 2.94 bits per heavy atom. The summed E-state index contributed by atoms with van der Waals surface area (Å²) in [4.78, 5) is 23.8. The molecule has 0 aromatic heterocycles. The van der Waals surface area contributed by atoms with Gasteiger partial charge in [-0.15, -0.1) is 0 Å². The maximum Gasteiger partial charge on any atom is 0.237 e. The third kappa shape index (κ3) is 2.51. The highest BCUT2D eigenvalue weighted by molar-refractivity contribution is 6.04. The number of nitrogens with two attached hydrogens (primary N) is 1. The maximum atomic E-state index is 12.3. The molecule has 1 aliphatic heterocycles. The summed E-state index contributed by atoms with van der Waals surface area (Å²) >= 11 is 0. The zero-order chi connectivity index (χ0) is 13.1. The van der Waals surface area contributed by atoms with E-state index in [9.17, 15) is 9.59 Å². The van der Waals surface area contributed by atoms with E-state index in [4.69, 9.17) is 10.5 Å². The molecule has 5 heteroatoms. The molecule has 1 heterocycles. The van der Waals surface area contributed by atoms with Crippen LogP contribution in [0.1, 0.15) is 23.7 Å². The number of para-hydroxylation sites is 1. The van der Waals surface area contributed by atoms with Gasteiger partial charge in [0.05, 0.1) is 24.3 Å². The number of carbonyl (C=O) groups is 2. The number of benzene rings is 1. The lowest BCUT2D eigenvalue weighted by atomic mass is 10.0. The lowest BCUT2D eigenvalue weighted by Gasteiger charge is -2.16. The zero-order valence-electron chi connectivity index (χ0n) is 10.2. The van der Waals surface area contributed by atoms with Crippen LogP contribution in [0, 0.1) is 0 Å². The molecule has 2 unspecified atom stereocenters. The number of carbonyl (C=O) groups excluding carboxylic acids is 2. The number of hydrogen-bond donors (Lipinski definition) is 2. The van der Waals surface area contributed by atoms with Crippen LogP contribution < -0.4 is 15.8 Å². The smallest absolute Gasteiger partial charge is 0.237 e. The van der Waals surface area contributed by atoms with Gasteiger partial charge in [-0.25, -0.2) is 0 Å². The van der Waals surface area contributed by atoms with E-state index in [0.29, 0.717) is 24.3 Å². The van der Waals surface area contributed by atoms with Crippen LogP contribution in [-0.2, 0) is 4.79 Å². The number of hydrogen-bond acceptors (Lipinski definition) is 4. The molecule has 0 saturated heterocycles. The minimum absolute atomic E-state index is 0.128. The minimum Gasteiger partial charge on any atom is -0.493 e. The number of nitrogens with one attached hydrogen (secondary N) is 1. The van der Waals surface area contributed by atoms with Crippen molar-refractivity contribution in [3.63, 3.8) is 0 Å². The van der Waals surface area contributed by atoms with E-state index >= 15 is 0 Å². The fourth-order valence-electron chi connectivity index (χ4n) is 1.84. The van der Waals surface area contributed by atoms with Gasteiger partial charge in [-0.1, -0.05) is 12.1 Å². The molecule has 0 bridgehead atoms. The molecule has 2 rings (SSSR count). The van der Waals surface area contributed by atoms with Gasteiger partial charge in [0.25, 0.3) is 0 Å². The average Bonchev–Trinajstić information content (AvgIpc) is 2.51. The van der Waals surface area contributed by atoms with Crippen LogP contribution in [0.5, 0.6) is 5.75 Å². The highest BCUT2D eigenvalue weighted by Crippen LogP contribution is 2.23. The molecule has 1 aromatic carbocycles. The fourth-order valence-corrected chi connectivity index (χ4v) is 1.84. The second kappa shape index (κ2) is 5.18. The molecule has 0 aliphatic carbocycles. The summed E-state index contributed by atoms with van der Waals surface area (Å²) < 4.78 is 5.49. The molecule has 1 amide bonds. The van der Waals surface area contributed by atoms with Crippen molar-refractivity contribution in [3.05, 3.63) is 29.8 Å². The van der Waals surface area contributed by atoms with E-state index in [0.717, 1.165) is 0 Å². The lowest BCUT2D eigenvalue weighted by molar-refractivity contribution is -0.122. The molecule has 5 nitrogen and oxygen atoms in total. The first-order valence-corrected chi connectivity index (χ1v) is 5.91. The Balaban J connectivity index is 2.20. The first-order valence-electron chi connectivity index (χ1n) is 5.91. The standard InChI is InChI=1S/C13H16N2O3/c1-8(14)13(17)15-10-6-7-18-11-5-3-2-4-9(11)12(10)16/h2-5,8,10H,6-7,14H2,1H3,(H,15,17). The van der Waals surface area contributed by atoms with Gasteiger partial charge >= 0.3 is 0 Å². The first-order chi connectivity index (χ1) is 8.59. The van der Waals surface area contributed by atoms with Crippen molar-refractivity contribution in [2.24, 2.45) is 5.73 Å². The second-order valence-electron chi connectivity index (χ2n) is 4.35. The van der Waals surface area contributed by atoms with Crippen molar-refractivity contribution in [1.29, 1.82) is 0 Å². The normalized spacial score (nSPS) is 20.3. The van der Waals surface area contributed by atoms with Crippen LogP contribution in [0.2, 0.25) is 0 Å². The van der Waals surface area contributed by atoms with Crippen LogP contribution in [-0.4, -0.2) is 30.4 Å². The molecule has 0 saturated carbocycles. The Hall–Kier alpha value is -1.88. The van der Waals surface area contributed by atoms with Gasteiger partial charge in [-0.05, 0) is 19.1 Å². The molecule has 1 aromatic rings. The van der Waals surface area contributed by atoms with Crippen molar-refractivity contribution >= 4 is 11.7 Å². The molecule has 2 atom stereocenters. The monoisotopic (exact) mass is 248 g/mol. The fraction of sp³-hybridized carbons (Fsp3) is 0.385. The highest BCUT2D eigenvalue weighted by Gasteiger charge is 2.27. The summed E-state index contributed by atoms with van der Waals surface area (Å²) in [7, 11) is 0. The minimum atomic E-state index is -0.628. The molecular formula is C13H16N2O3. The first kappa shape index (κ1) is 12.6. The van der Waals surface area contributed by atoms with Crippen LogP contribution in [0.25, 0.3) is 0 Å². The van der Waals surface area contributed by atoms with Crippen molar-refractivity contribution < 1.29 is 14.3 Å². The third-order valence-electron chi connectivity index (χ3n) is 2.86. The Labute approximate surface area is 105 Å². The van der Waals surface area contributed by atoms with Gasteiger partial charge in [0.2, 0.25) is 5.91 Å². The summed E-state index contributed by atoms with van der Waals surface area (Å²) in [5, 5.41) is 2.66. The zero-order valence-corrected chi connectivity index (χ0v) is 10.2. The van der Waals surface area contributed by atoms with Crippen molar-refractivity contribution in [1.82, 2.24) is 5.32 Å². The summed E-state index contributed by atoms with van der Waals surface area (Å²) in [6.45, 7) is 1.98. The number of Topliss-reactive ketones (excluding diaryl/α,β-unsaturated/α-hetero) is 1. The van der Waals surface area contributed by atoms with E-state index in [-0.39, 0.29) is 11.7 Å². The Bertz CT molecular complexity index is 471. The predicted octanol–water partition coefficient (Wildman–Crippen LogP) is 0.484. The van der Waals surface area contributed by atoms with Crippen LogP contribution in [0.15, 0.2) is 24.3 Å². The summed E-state index contributed by atoms with van der Waals surface area (Å²) in [6.07, 6.45) is 0.450. The maximum absolute atomic E-state index is 12.3. The molecule has 18 heavy (non-hydrogen) atoms. The van der Waals surface area contributed by atoms with Crippen LogP contribution in [0.3, 0.4) is 0 Å². The van der Waals surface area contributed by atoms with Gasteiger partial charge in [0.15, 0.2) is 5.78 Å². The van der Waals surface area contributed by atoms with Gasteiger partial charge < -0.3 is 15.8 Å². The quantitative estimate of drug-likeness (QED) is 0.797. The number of rotatable bonds is 2. The molecule has 96 valence electrons. The summed E-state index contributed by atoms with van der Waals surface area (Å²) in [5.74, 6) is 0.116. The van der Waals surface area contributed by atoms with E-state index in [2.05, 4.69) is 5.32 Å². The number of amides is 1. The molecule has 1 aliphatic rings. The second-order valence-corrected chi connectivity index (χ2v) is 4.35. The molecular weight excluding hydrogens is 232 g/mol. The molecule has 3 N–H and O–H groups in total. The molecule has 0 spiro atoms. The molecule has 0 fully saturated rings. The Kier molecular flexibility index (Phi) is 3.62. The number of ether oxygens (including phenoxy) is 1. The van der Waals surface area contributed by atoms with Gasteiger partial charge in [-0.2, -0.15) is 0 Å². The molecule has 0 radical (unpaired) electrons. The predicted molar refractivity (Wildman–Crippen MR) is 66.5 cm³/mol. The van der Waals surface area contributed by atoms with Gasteiger partial charge in [0.1, 0.15) is 5.75 Å². The van der Waals surface area contributed by atoms with E-state index in [1.54, 1.807) is 25.1 Å². The number of ketones is 1. The Morgan fingerprint density at radius 2 is 2.22 bits per heavy atom. The summed E-state index contributed by atoms with van der Waals surface area (Å²) in [6, 6.07) is 5.85. The van der Waals surface area contributed by atoms with E-state index < -0.39 is 12.1 Å². The van der Waals surface area contributed by atoms with Crippen molar-refractivity contribution in [2.45, 2.75) is 25.4 Å². The van der Waals surface area contributed by atoms with E-state index in [1.807, 2.05) is 6.07 Å². The topological polar surface area (TPSA) is 81.4 Å². The lowest BCUT2D eigenvalue weighted by Crippen LogP contribution is -2.47. The van der Waals surface area contributed by atoms with Crippen LogP contribution >= 0.6 is 0 Å². The van der Waals surface area contributed by atoms with Gasteiger partial charge in [0, 0.05) is 6.42 Å². The highest BCUT2D eigenvalue weighted by atomic mass is 16.5.